The highest BCUT2D eigenvalue weighted by molar-refractivity contribution is 5.87. The molecule has 0 radical (unpaired) electrons. The molecule has 0 aromatic rings. The summed E-state index contributed by atoms with van der Waals surface area (Å²) in [6.07, 6.45) is -0.222. The monoisotopic (exact) mass is 702 g/mol. The maximum atomic E-state index is 12.4. The fraction of sp³-hybridized carbons (Fsp3) is 0.700. The Hall–Kier alpha value is -4.65. The van der Waals surface area contributed by atoms with Crippen LogP contribution in [0.5, 0.6) is 0 Å². The number of hydrogen-bond donors (Lipinski definition) is 10. The van der Waals surface area contributed by atoms with Gasteiger partial charge < -0.3 is 52.7 Å². The lowest BCUT2D eigenvalue weighted by Crippen LogP contribution is -2.45. The maximum Gasteiger partial charge on any atom is 0.326 e. The third kappa shape index (κ3) is 21.0. The summed E-state index contributed by atoms with van der Waals surface area (Å²) in [6, 6.07) is -6.15. The number of unbranched alkanes of at least 4 members (excludes halogenated alkanes) is 1. The van der Waals surface area contributed by atoms with E-state index < -0.39 is 97.4 Å². The smallest absolute Gasteiger partial charge is 0.326 e. The van der Waals surface area contributed by atoms with Crippen molar-refractivity contribution in [1.29, 1.82) is 0 Å². The predicted molar refractivity (Wildman–Crippen MR) is 171 cm³/mol. The van der Waals surface area contributed by atoms with Crippen LogP contribution in [0.2, 0.25) is 0 Å². The second-order valence-corrected chi connectivity index (χ2v) is 11.4. The molecule has 49 heavy (non-hydrogen) atoms. The van der Waals surface area contributed by atoms with Gasteiger partial charge in [0.25, 0.3) is 0 Å². The van der Waals surface area contributed by atoms with Crippen molar-refractivity contribution in [3.05, 3.63) is 0 Å². The van der Waals surface area contributed by atoms with Crippen molar-refractivity contribution in [1.82, 2.24) is 26.6 Å². The van der Waals surface area contributed by atoms with E-state index in [1.807, 2.05) is 6.92 Å². The molecule has 0 bridgehead atoms. The summed E-state index contributed by atoms with van der Waals surface area (Å²) < 4.78 is 0. The number of carboxylic acids is 4. The molecule has 0 heterocycles. The second-order valence-electron chi connectivity index (χ2n) is 11.4. The zero-order chi connectivity index (χ0) is 37.5. The molecule has 0 fully saturated rings. The SMILES string of the molecule is CCCN[C@@H](CCCCNC(=O)CC[C@H](NC(=O)CC[C@H](NC(=O)CC[C@H](NC(=O)CC[C@H](N)C(=O)O)C(=O)O)C(=O)O)C(=O)O)C(C)=O. The summed E-state index contributed by atoms with van der Waals surface area (Å²) in [5.74, 6) is -8.72. The lowest BCUT2D eigenvalue weighted by Gasteiger charge is -2.18. The Kier molecular flexibility index (Phi) is 22.2. The van der Waals surface area contributed by atoms with E-state index in [1.165, 1.54) is 6.92 Å². The van der Waals surface area contributed by atoms with Crippen molar-refractivity contribution < 1.29 is 63.6 Å². The number of ketones is 1. The molecule has 0 saturated heterocycles. The average molecular weight is 703 g/mol. The Balaban J connectivity index is 4.71. The number of rotatable bonds is 28. The van der Waals surface area contributed by atoms with Crippen LogP contribution in [0.3, 0.4) is 0 Å². The Morgan fingerprint density at radius 1 is 0.531 bits per heavy atom. The lowest BCUT2D eigenvalue weighted by molar-refractivity contribution is -0.144. The number of amides is 4. The molecule has 0 saturated carbocycles. The van der Waals surface area contributed by atoms with Gasteiger partial charge in [0.1, 0.15) is 30.0 Å². The zero-order valence-corrected chi connectivity index (χ0v) is 27.8. The molecule has 0 aliphatic heterocycles. The molecule has 19 heteroatoms. The predicted octanol–water partition coefficient (Wildman–Crippen LogP) is -1.53. The number of carbonyl (C=O) groups excluding carboxylic acids is 5. The summed E-state index contributed by atoms with van der Waals surface area (Å²) >= 11 is 0. The number of carboxylic acid groups (broad SMARTS) is 4. The zero-order valence-electron chi connectivity index (χ0n) is 27.8. The number of nitrogens with two attached hydrogens (primary N) is 1. The summed E-state index contributed by atoms with van der Waals surface area (Å²) in [5, 5.41) is 49.3. The van der Waals surface area contributed by atoms with Gasteiger partial charge in [-0.05, 0) is 64.8 Å². The second kappa shape index (κ2) is 24.5. The highest BCUT2D eigenvalue weighted by atomic mass is 16.4. The van der Waals surface area contributed by atoms with Crippen LogP contribution in [0.4, 0.5) is 0 Å². The van der Waals surface area contributed by atoms with Gasteiger partial charge in [-0.3, -0.25) is 28.8 Å². The average Bonchev–Trinajstić information content (AvgIpc) is 3.02. The fourth-order valence-electron chi connectivity index (χ4n) is 4.37. The van der Waals surface area contributed by atoms with Crippen molar-refractivity contribution >= 4 is 53.3 Å². The van der Waals surface area contributed by atoms with Crippen LogP contribution in [0.15, 0.2) is 0 Å². The molecule has 0 aliphatic rings. The van der Waals surface area contributed by atoms with Gasteiger partial charge >= 0.3 is 23.9 Å². The largest absolute Gasteiger partial charge is 0.480 e. The van der Waals surface area contributed by atoms with Gasteiger partial charge in [-0.25, -0.2) is 14.4 Å². The number of nitrogens with one attached hydrogen (secondary N) is 5. The minimum Gasteiger partial charge on any atom is -0.480 e. The summed E-state index contributed by atoms with van der Waals surface area (Å²) in [5.41, 5.74) is 5.30. The molecule has 11 N–H and O–H groups in total. The van der Waals surface area contributed by atoms with Crippen LogP contribution in [-0.2, 0) is 43.2 Å². The molecule has 0 aromatic heterocycles. The molecule has 5 atom stereocenters. The van der Waals surface area contributed by atoms with Crippen molar-refractivity contribution in [2.75, 3.05) is 13.1 Å². The van der Waals surface area contributed by atoms with Crippen molar-refractivity contribution in [3.63, 3.8) is 0 Å². The first kappa shape index (κ1) is 44.4. The molecule has 4 amide bonds. The standard InChI is InChI=1S/C30H50N6O13/c1-3-15-32-19(17(2)37)6-4-5-16-33-23(38)12-8-20(28(44)45)35-25(40)14-10-22(30(48)49)36-26(41)13-9-21(29(46)47)34-24(39)11-7-18(31)27(42)43/h18-22,32H,3-16,31H2,1-2H3,(H,33,38)(H,34,39)(H,35,40)(H,36,41)(H,42,43)(H,44,45)(H,46,47)(H,48,49)/t18-,19-,20-,21-,22-/m0/s1. The van der Waals surface area contributed by atoms with Gasteiger partial charge in [-0.1, -0.05) is 6.92 Å². The molecule has 0 aromatic carbocycles. The first-order valence-corrected chi connectivity index (χ1v) is 16.0. The number of Topliss-reactive ketones (excluding diaryl/α,β-unsaturated/α-hetero) is 1. The third-order valence-electron chi connectivity index (χ3n) is 7.25. The minimum atomic E-state index is -1.59. The topological polar surface area (TPSA) is 321 Å². The molecular weight excluding hydrogens is 652 g/mol. The van der Waals surface area contributed by atoms with Gasteiger partial charge in [0, 0.05) is 32.2 Å². The van der Waals surface area contributed by atoms with Crippen LogP contribution < -0.4 is 32.3 Å². The van der Waals surface area contributed by atoms with E-state index in [-0.39, 0.29) is 37.5 Å². The highest BCUT2D eigenvalue weighted by Crippen LogP contribution is 2.06. The Bertz CT molecular complexity index is 1170. The van der Waals surface area contributed by atoms with E-state index in [4.69, 9.17) is 10.8 Å². The van der Waals surface area contributed by atoms with Crippen LogP contribution in [0.25, 0.3) is 0 Å². The van der Waals surface area contributed by atoms with Gasteiger partial charge in [0.05, 0.1) is 6.04 Å². The number of aliphatic carboxylic acids is 4. The van der Waals surface area contributed by atoms with Crippen LogP contribution in [0.1, 0.15) is 90.9 Å². The van der Waals surface area contributed by atoms with E-state index >= 15 is 0 Å². The Morgan fingerprint density at radius 3 is 1.31 bits per heavy atom. The van der Waals surface area contributed by atoms with Crippen LogP contribution in [-0.4, -0.2) is 117 Å². The molecular formula is C30H50N6O13. The molecule has 278 valence electrons. The van der Waals surface area contributed by atoms with E-state index in [2.05, 4.69) is 26.6 Å². The van der Waals surface area contributed by atoms with Gasteiger partial charge in [0.2, 0.25) is 23.6 Å². The number of carbonyl (C=O) groups is 9. The summed E-state index contributed by atoms with van der Waals surface area (Å²) in [6.45, 7) is 4.54. The van der Waals surface area contributed by atoms with E-state index in [1.54, 1.807) is 0 Å². The Labute approximate surface area is 283 Å². The summed E-state index contributed by atoms with van der Waals surface area (Å²) in [4.78, 5) is 106. The molecule has 0 spiro atoms. The maximum absolute atomic E-state index is 12.4. The highest BCUT2D eigenvalue weighted by Gasteiger charge is 2.26. The third-order valence-corrected chi connectivity index (χ3v) is 7.25. The normalized spacial score (nSPS) is 13.9. The number of hydrogen-bond acceptors (Lipinski definition) is 11. The van der Waals surface area contributed by atoms with Crippen molar-refractivity contribution in [2.45, 2.75) is 121 Å². The fourth-order valence-corrected chi connectivity index (χ4v) is 4.37. The van der Waals surface area contributed by atoms with Crippen molar-refractivity contribution in [2.24, 2.45) is 5.73 Å². The molecule has 0 aliphatic carbocycles. The van der Waals surface area contributed by atoms with Crippen molar-refractivity contribution in [3.8, 4) is 0 Å². The van der Waals surface area contributed by atoms with Gasteiger partial charge in [-0.2, -0.15) is 0 Å². The first-order valence-electron chi connectivity index (χ1n) is 16.0. The van der Waals surface area contributed by atoms with E-state index in [9.17, 15) is 58.5 Å². The molecule has 19 nitrogen and oxygen atoms in total. The summed E-state index contributed by atoms with van der Waals surface area (Å²) in [7, 11) is 0. The molecule has 0 unspecified atom stereocenters. The van der Waals surface area contributed by atoms with Gasteiger partial charge in [-0.15, -0.1) is 0 Å². The van der Waals surface area contributed by atoms with E-state index in [0.717, 1.165) is 13.0 Å². The first-order chi connectivity index (χ1) is 23.0. The van der Waals surface area contributed by atoms with Crippen LogP contribution >= 0.6 is 0 Å². The quantitative estimate of drug-likeness (QED) is 0.0414. The minimum absolute atomic E-state index is 0.0355. The van der Waals surface area contributed by atoms with E-state index in [0.29, 0.717) is 25.8 Å². The Morgan fingerprint density at radius 2 is 0.939 bits per heavy atom. The molecule has 0 rings (SSSR count). The lowest BCUT2D eigenvalue weighted by atomic mass is 10.1. The van der Waals surface area contributed by atoms with Crippen LogP contribution in [0, 0.1) is 0 Å². The van der Waals surface area contributed by atoms with Gasteiger partial charge in [0.15, 0.2) is 0 Å².